The highest BCUT2D eigenvalue weighted by atomic mass is 35.5. The van der Waals surface area contributed by atoms with Gasteiger partial charge in [-0.3, -0.25) is 0 Å². The molecule has 0 aromatic heterocycles. The zero-order chi connectivity index (χ0) is 13.8. The lowest BCUT2D eigenvalue weighted by Crippen LogP contribution is -2.18. The molecule has 3 heteroatoms. The highest BCUT2D eigenvalue weighted by molar-refractivity contribution is 6.30. The van der Waals surface area contributed by atoms with Crippen LogP contribution >= 0.6 is 11.6 Å². The Kier molecular flexibility index (Phi) is 4.46. The first-order chi connectivity index (χ1) is 9.06. The molecule has 0 aliphatic rings. The van der Waals surface area contributed by atoms with Gasteiger partial charge in [0.1, 0.15) is 5.75 Å². The summed E-state index contributed by atoms with van der Waals surface area (Å²) in [5, 5.41) is 13.8. The molecule has 19 heavy (non-hydrogen) atoms. The van der Waals surface area contributed by atoms with Crippen LogP contribution in [-0.2, 0) is 6.54 Å². The van der Waals surface area contributed by atoms with Gasteiger partial charge in [-0.25, -0.2) is 0 Å². The lowest BCUT2D eigenvalue weighted by Gasteiger charge is -2.15. The zero-order valence-corrected chi connectivity index (χ0v) is 11.9. The molecule has 0 spiro atoms. The number of aromatic hydroxyl groups is 1. The molecule has 2 aromatic rings. The molecular formula is C16H18ClNO. The summed E-state index contributed by atoms with van der Waals surface area (Å²) in [5.74, 6) is 0.271. The van der Waals surface area contributed by atoms with Gasteiger partial charge in [0, 0.05) is 23.2 Å². The Morgan fingerprint density at radius 1 is 1.16 bits per heavy atom. The van der Waals surface area contributed by atoms with Crippen LogP contribution in [0.25, 0.3) is 0 Å². The maximum Gasteiger partial charge on any atom is 0.120 e. The Bertz CT molecular complexity index is 551. The minimum atomic E-state index is 0.221. The van der Waals surface area contributed by atoms with E-state index in [0.29, 0.717) is 11.6 Å². The van der Waals surface area contributed by atoms with Crippen molar-refractivity contribution < 1.29 is 5.11 Å². The van der Waals surface area contributed by atoms with E-state index in [9.17, 15) is 5.11 Å². The van der Waals surface area contributed by atoms with Crippen LogP contribution in [0.15, 0.2) is 42.5 Å². The van der Waals surface area contributed by atoms with Crippen molar-refractivity contribution in [3.05, 3.63) is 64.2 Å². The second-order valence-electron chi connectivity index (χ2n) is 4.79. The average Bonchev–Trinajstić information content (AvgIpc) is 2.40. The molecule has 2 aromatic carbocycles. The largest absolute Gasteiger partial charge is 0.508 e. The minimum Gasteiger partial charge on any atom is -0.508 e. The van der Waals surface area contributed by atoms with E-state index in [-0.39, 0.29) is 11.8 Å². The highest BCUT2D eigenvalue weighted by Gasteiger charge is 2.07. The van der Waals surface area contributed by atoms with Crippen LogP contribution < -0.4 is 5.32 Å². The van der Waals surface area contributed by atoms with E-state index in [4.69, 9.17) is 11.6 Å². The Morgan fingerprint density at radius 2 is 1.84 bits per heavy atom. The normalized spacial score (nSPS) is 12.4. The molecule has 2 rings (SSSR count). The van der Waals surface area contributed by atoms with E-state index in [1.807, 2.05) is 0 Å². The third kappa shape index (κ3) is 3.72. The van der Waals surface area contributed by atoms with Gasteiger partial charge in [0.05, 0.1) is 0 Å². The second kappa shape index (κ2) is 6.09. The number of rotatable bonds is 4. The number of halogens is 1. The number of hydrogen-bond donors (Lipinski definition) is 2. The Balaban J connectivity index is 2.02. The molecule has 0 amide bonds. The van der Waals surface area contributed by atoms with Gasteiger partial charge in [0.15, 0.2) is 0 Å². The lowest BCUT2D eigenvalue weighted by molar-refractivity contribution is 0.460. The number of benzene rings is 2. The van der Waals surface area contributed by atoms with Crippen LogP contribution in [0.4, 0.5) is 0 Å². The summed E-state index contributed by atoms with van der Waals surface area (Å²) in [6.07, 6.45) is 0. The molecule has 0 aliphatic heterocycles. The number of nitrogens with one attached hydrogen (secondary N) is 1. The number of phenolic OH excluding ortho intramolecular Hbond substituents is 1. The van der Waals surface area contributed by atoms with E-state index < -0.39 is 0 Å². The molecule has 0 fully saturated rings. The Hall–Kier alpha value is -1.51. The Morgan fingerprint density at radius 3 is 2.53 bits per heavy atom. The van der Waals surface area contributed by atoms with Crippen LogP contribution in [-0.4, -0.2) is 5.11 Å². The molecule has 0 saturated carbocycles. The van der Waals surface area contributed by atoms with Gasteiger partial charge in [-0.2, -0.15) is 0 Å². The summed E-state index contributed by atoms with van der Waals surface area (Å²) in [7, 11) is 0. The summed E-state index contributed by atoms with van der Waals surface area (Å²) in [5.41, 5.74) is 3.29. The number of phenols is 1. The molecule has 0 unspecified atom stereocenters. The van der Waals surface area contributed by atoms with E-state index >= 15 is 0 Å². The summed E-state index contributed by atoms with van der Waals surface area (Å²) in [6.45, 7) is 4.76. The smallest absolute Gasteiger partial charge is 0.120 e. The fourth-order valence-corrected chi connectivity index (χ4v) is 2.13. The summed E-state index contributed by atoms with van der Waals surface area (Å²) in [6, 6.07) is 13.7. The van der Waals surface area contributed by atoms with E-state index in [0.717, 1.165) is 5.56 Å². The molecule has 0 radical (unpaired) electrons. The quantitative estimate of drug-likeness (QED) is 0.876. The predicted octanol–water partition coefficient (Wildman–Crippen LogP) is 4.20. The van der Waals surface area contributed by atoms with Gasteiger partial charge >= 0.3 is 0 Å². The molecule has 1 atom stereocenters. The summed E-state index contributed by atoms with van der Waals surface area (Å²) >= 11 is 5.93. The molecule has 0 saturated heterocycles. The molecular weight excluding hydrogens is 258 g/mol. The first-order valence-corrected chi connectivity index (χ1v) is 6.71. The van der Waals surface area contributed by atoms with Gasteiger partial charge < -0.3 is 10.4 Å². The van der Waals surface area contributed by atoms with Crippen LogP contribution in [0.3, 0.4) is 0 Å². The first kappa shape index (κ1) is 13.9. The standard InChI is InChI=1S/C16H18ClNO/c1-11-3-5-13(6-4-11)12(2)18-10-14-9-15(17)7-8-16(14)19/h3-9,12,18-19H,10H2,1-2H3/t12-/m1/s1. The third-order valence-corrected chi connectivity index (χ3v) is 3.45. The van der Waals surface area contributed by atoms with Crippen LogP contribution in [0, 0.1) is 6.92 Å². The van der Waals surface area contributed by atoms with Crippen molar-refractivity contribution in [3.63, 3.8) is 0 Å². The van der Waals surface area contributed by atoms with Crippen molar-refractivity contribution in [2.45, 2.75) is 26.4 Å². The topological polar surface area (TPSA) is 32.3 Å². The predicted molar refractivity (Wildman–Crippen MR) is 79.6 cm³/mol. The zero-order valence-electron chi connectivity index (χ0n) is 11.2. The number of aryl methyl sites for hydroxylation is 1. The minimum absolute atomic E-state index is 0.221. The monoisotopic (exact) mass is 275 g/mol. The SMILES string of the molecule is Cc1ccc([C@@H](C)NCc2cc(Cl)ccc2O)cc1. The average molecular weight is 276 g/mol. The van der Waals surface area contributed by atoms with Gasteiger partial charge in [-0.15, -0.1) is 0 Å². The van der Waals surface area contributed by atoms with Crippen LogP contribution in [0.2, 0.25) is 5.02 Å². The van der Waals surface area contributed by atoms with E-state index in [1.54, 1.807) is 18.2 Å². The van der Waals surface area contributed by atoms with Gasteiger partial charge in [0.25, 0.3) is 0 Å². The molecule has 2 nitrogen and oxygen atoms in total. The highest BCUT2D eigenvalue weighted by Crippen LogP contribution is 2.22. The lowest BCUT2D eigenvalue weighted by atomic mass is 10.1. The molecule has 100 valence electrons. The van der Waals surface area contributed by atoms with Crippen molar-refractivity contribution in [1.29, 1.82) is 0 Å². The Labute approximate surface area is 119 Å². The third-order valence-electron chi connectivity index (χ3n) is 3.22. The van der Waals surface area contributed by atoms with Crippen molar-refractivity contribution in [2.24, 2.45) is 0 Å². The summed E-state index contributed by atoms with van der Waals surface area (Å²) in [4.78, 5) is 0. The molecule has 2 N–H and O–H groups in total. The van der Waals surface area contributed by atoms with Gasteiger partial charge in [-0.1, -0.05) is 41.4 Å². The second-order valence-corrected chi connectivity index (χ2v) is 5.22. The maximum absolute atomic E-state index is 9.76. The summed E-state index contributed by atoms with van der Waals surface area (Å²) < 4.78 is 0. The van der Waals surface area contributed by atoms with Gasteiger partial charge in [0.2, 0.25) is 0 Å². The van der Waals surface area contributed by atoms with Gasteiger partial charge in [-0.05, 0) is 37.6 Å². The molecule has 0 aliphatic carbocycles. The van der Waals surface area contributed by atoms with Crippen molar-refractivity contribution >= 4 is 11.6 Å². The van der Waals surface area contributed by atoms with Crippen LogP contribution in [0.1, 0.15) is 29.7 Å². The molecule has 0 bridgehead atoms. The fraction of sp³-hybridized carbons (Fsp3) is 0.250. The van der Waals surface area contributed by atoms with Crippen LogP contribution in [0.5, 0.6) is 5.75 Å². The van der Waals surface area contributed by atoms with E-state index in [2.05, 4.69) is 43.4 Å². The first-order valence-electron chi connectivity index (χ1n) is 6.33. The number of hydrogen-bond acceptors (Lipinski definition) is 2. The maximum atomic E-state index is 9.76. The van der Waals surface area contributed by atoms with E-state index in [1.165, 1.54) is 11.1 Å². The molecule has 0 heterocycles. The fourth-order valence-electron chi connectivity index (χ4n) is 1.93. The van der Waals surface area contributed by atoms with Crippen molar-refractivity contribution in [3.8, 4) is 5.75 Å². The van der Waals surface area contributed by atoms with Crippen molar-refractivity contribution in [1.82, 2.24) is 5.32 Å². The van der Waals surface area contributed by atoms with Crippen molar-refractivity contribution in [2.75, 3.05) is 0 Å².